The van der Waals surface area contributed by atoms with Gasteiger partial charge >= 0.3 is 11.9 Å². The molecular formula is C56H97NO7. The molecule has 0 aliphatic carbocycles. The van der Waals surface area contributed by atoms with Gasteiger partial charge in [-0.25, -0.2) is 0 Å². The zero-order valence-corrected chi connectivity index (χ0v) is 41.9. The number of likely N-dealkylation sites (N-methyl/N-ethyl adjacent to an activating group) is 1. The fourth-order valence-electron chi connectivity index (χ4n) is 7.37. The van der Waals surface area contributed by atoms with Gasteiger partial charge in [-0.05, 0) is 64.2 Å². The fourth-order valence-corrected chi connectivity index (χ4v) is 7.37. The number of hydrogen-bond acceptors (Lipinski definition) is 7. The third kappa shape index (κ3) is 44.0. The quantitative estimate of drug-likeness (QED) is 0.0259. The van der Waals surface area contributed by atoms with Crippen LogP contribution in [0.3, 0.4) is 0 Å². The summed E-state index contributed by atoms with van der Waals surface area (Å²) in [4.78, 5) is 37.0. The molecule has 0 saturated carbocycles. The van der Waals surface area contributed by atoms with Gasteiger partial charge in [-0.3, -0.25) is 9.59 Å². The SMILES string of the molecule is CC/C=C/C/C=C/C/C=C/C/C=C/C/C=C/C/C=C/CCCCC(=O)OC(COCCC(C(=O)[O-])[N+](C)(C)C)COC(=O)CCCCCCCCCCCCCCCCCCCCC. The van der Waals surface area contributed by atoms with E-state index in [9.17, 15) is 19.5 Å². The van der Waals surface area contributed by atoms with Gasteiger partial charge in [0.1, 0.15) is 12.6 Å². The summed E-state index contributed by atoms with van der Waals surface area (Å²) < 4.78 is 17.2. The van der Waals surface area contributed by atoms with Crippen LogP contribution >= 0.6 is 0 Å². The van der Waals surface area contributed by atoms with Crippen LogP contribution in [-0.2, 0) is 28.6 Å². The van der Waals surface area contributed by atoms with Crippen molar-refractivity contribution in [3.05, 3.63) is 72.9 Å². The van der Waals surface area contributed by atoms with Crippen LogP contribution in [0.2, 0.25) is 0 Å². The van der Waals surface area contributed by atoms with E-state index in [1.165, 1.54) is 103 Å². The number of carboxylic acid groups (broad SMARTS) is 1. The normalized spacial score (nSPS) is 13.5. The number of carbonyl (C=O) groups excluding carboxylic acids is 3. The number of carbonyl (C=O) groups is 3. The van der Waals surface area contributed by atoms with E-state index in [1.54, 1.807) is 21.1 Å². The summed E-state index contributed by atoms with van der Waals surface area (Å²) in [6, 6.07) is -0.737. The Kier molecular flexibility index (Phi) is 44.0. The molecule has 0 fully saturated rings. The zero-order chi connectivity index (χ0) is 47.0. The van der Waals surface area contributed by atoms with Crippen LogP contribution < -0.4 is 5.11 Å². The molecule has 0 rings (SSSR count). The molecule has 0 N–H and O–H groups in total. The lowest BCUT2D eigenvalue weighted by molar-refractivity contribution is -0.889. The van der Waals surface area contributed by atoms with Crippen molar-refractivity contribution in [2.45, 2.75) is 225 Å². The Morgan fingerprint density at radius 2 is 0.875 bits per heavy atom. The van der Waals surface area contributed by atoms with E-state index in [2.05, 4.69) is 86.8 Å². The first-order valence-electron chi connectivity index (χ1n) is 26.0. The Morgan fingerprint density at radius 1 is 0.484 bits per heavy atom. The lowest BCUT2D eigenvalue weighted by Gasteiger charge is -2.34. The first-order chi connectivity index (χ1) is 31.1. The molecule has 0 bridgehead atoms. The number of rotatable bonds is 46. The Labute approximate surface area is 393 Å². The van der Waals surface area contributed by atoms with Crippen LogP contribution in [0.25, 0.3) is 0 Å². The lowest BCUT2D eigenvalue weighted by Crippen LogP contribution is -2.55. The van der Waals surface area contributed by atoms with Crippen LogP contribution in [0, 0.1) is 0 Å². The predicted octanol–water partition coefficient (Wildman–Crippen LogP) is 13.8. The van der Waals surface area contributed by atoms with Crippen molar-refractivity contribution >= 4 is 17.9 Å². The number of ether oxygens (including phenoxy) is 3. The Balaban J connectivity index is 4.33. The van der Waals surface area contributed by atoms with Crippen molar-refractivity contribution in [3.63, 3.8) is 0 Å². The number of hydrogen-bond donors (Lipinski definition) is 0. The van der Waals surface area contributed by atoms with Gasteiger partial charge in [-0.1, -0.05) is 202 Å². The van der Waals surface area contributed by atoms with Crippen LogP contribution in [0.1, 0.15) is 213 Å². The topological polar surface area (TPSA) is 102 Å². The highest BCUT2D eigenvalue weighted by atomic mass is 16.6. The van der Waals surface area contributed by atoms with E-state index in [0.717, 1.165) is 70.6 Å². The molecule has 0 heterocycles. The molecule has 0 aromatic heterocycles. The monoisotopic (exact) mass is 896 g/mol. The summed E-state index contributed by atoms with van der Waals surface area (Å²) in [6.07, 6.45) is 59.4. The molecule has 0 spiro atoms. The molecular weight excluding hydrogens is 799 g/mol. The number of carboxylic acids is 1. The van der Waals surface area contributed by atoms with Gasteiger partial charge in [0, 0.05) is 19.3 Å². The maximum atomic E-state index is 12.8. The number of allylic oxidation sites excluding steroid dienone is 12. The Bertz CT molecular complexity index is 1270. The smallest absolute Gasteiger partial charge is 0.306 e. The summed E-state index contributed by atoms with van der Waals surface area (Å²) in [6.45, 7) is 4.52. The zero-order valence-electron chi connectivity index (χ0n) is 41.9. The molecule has 2 atom stereocenters. The largest absolute Gasteiger partial charge is 0.544 e. The maximum absolute atomic E-state index is 12.8. The third-order valence-electron chi connectivity index (χ3n) is 11.4. The summed E-state index contributed by atoms with van der Waals surface area (Å²) in [5.41, 5.74) is 0. The van der Waals surface area contributed by atoms with E-state index in [0.29, 0.717) is 12.8 Å². The first-order valence-corrected chi connectivity index (χ1v) is 26.0. The van der Waals surface area contributed by atoms with Gasteiger partial charge in [0.25, 0.3) is 0 Å². The number of nitrogens with zero attached hydrogens (tertiary/aromatic N) is 1. The van der Waals surface area contributed by atoms with Crippen LogP contribution in [0.15, 0.2) is 72.9 Å². The molecule has 0 amide bonds. The molecule has 0 radical (unpaired) electrons. The highest BCUT2D eigenvalue weighted by molar-refractivity contribution is 5.70. The molecule has 0 saturated heterocycles. The van der Waals surface area contributed by atoms with Gasteiger partial charge in [0.15, 0.2) is 6.10 Å². The molecule has 0 aromatic rings. The minimum Gasteiger partial charge on any atom is -0.544 e. The van der Waals surface area contributed by atoms with E-state index in [-0.39, 0.29) is 49.1 Å². The number of aliphatic carboxylic acids is 1. The summed E-state index contributed by atoms with van der Waals surface area (Å²) in [5.74, 6) is -1.79. The average Bonchev–Trinajstić information content (AvgIpc) is 3.26. The molecule has 0 aliphatic heterocycles. The first kappa shape index (κ1) is 60.8. The van der Waals surface area contributed by atoms with Gasteiger partial charge in [-0.15, -0.1) is 0 Å². The van der Waals surface area contributed by atoms with Crippen LogP contribution in [-0.4, -0.2) is 75.5 Å². The average molecular weight is 896 g/mol. The second kappa shape index (κ2) is 46.3. The third-order valence-corrected chi connectivity index (χ3v) is 11.4. The minimum atomic E-state index is -1.13. The summed E-state index contributed by atoms with van der Waals surface area (Å²) in [7, 11) is 5.40. The van der Waals surface area contributed by atoms with Crippen molar-refractivity contribution in [1.82, 2.24) is 0 Å². The van der Waals surface area contributed by atoms with E-state index < -0.39 is 18.1 Å². The fraction of sp³-hybridized carbons (Fsp3) is 0.732. The lowest BCUT2D eigenvalue weighted by atomic mass is 10.0. The van der Waals surface area contributed by atoms with Gasteiger partial charge in [-0.2, -0.15) is 0 Å². The predicted molar refractivity (Wildman–Crippen MR) is 268 cm³/mol. The van der Waals surface area contributed by atoms with Gasteiger partial charge < -0.3 is 28.6 Å². The van der Waals surface area contributed by atoms with Gasteiger partial charge in [0.2, 0.25) is 0 Å². The molecule has 8 nitrogen and oxygen atoms in total. The molecule has 368 valence electrons. The minimum absolute atomic E-state index is 0.0216. The van der Waals surface area contributed by atoms with E-state index in [4.69, 9.17) is 14.2 Å². The highest BCUT2D eigenvalue weighted by Crippen LogP contribution is 2.16. The number of unbranched alkanes of at least 4 members (excludes halogenated alkanes) is 20. The molecule has 8 heteroatoms. The summed E-state index contributed by atoms with van der Waals surface area (Å²) in [5, 5.41) is 11.7. The van der Waals surface area contributed by atoms with Crippen molar-refractivity contribution in [3.8, 4) is 0 Å². The second-order valence-corrected chi connectivity index (χ2v) is 18.4. The molecule has 0 aromatic carbocycles. The number of quaternary nitrogens is 1. The standard InChI is InChI=1S/C56H97NO7/c1-6-8-10-12-14-16-18-20-22-24-26-27-29-31-33-35-37-39-41-43-45-47-55(59)64-52(50-62-49-48-53(56(60)61)57(3,4)5)51-63-54(58)46-44-42-40-38-36-34-32-30-28-25-23-21-19-17-15-13-11-9-7-2/h8,10,14,16,20,22,26-27,31,33,37,39,52-53H,6-7,9,11-13,15,17-19,21,23-25,28-30,32,34-36,38,40-51H2,1-5H3/b10-8+,16-14+,22-20+,27-26+,33-31+,39-37+. The van der Waals surface area contributed by atoms with Crippen LogP contribution in [0.4, 0.5) is 0 Å². The molecule has 2 unspecified atom stereocenters. The number of esters is 2. The maximum Gasteiger partial charge on any atom is 0.306 e. The van der Waals surface area contributed by atoms with E-state index in [1.807, 2.05) is 0 Å². The molecule has 64 heavy (non-hydrogen) atoms. The van der Waals surface area contributed by atoms with E-state index >= 15 is 0 Å². The Hall–Kier alpha value is -3.23. The Morgan fingerprint density at radius 3 is 1.30 bits per heavy atom. The van der Waals surface area contributed by atoms with Crippen molar-refractivity contribution in [1.29, 1.82) is 0 Å². The summed E-state index contributed by atoms with van der Waals surface area (Å²) >= 11 is 0. The second-order valence-electron chi connectivity index (χ2n) is 18.4. The van der Waals surface area contributed by atoms with Gasteiger partial charge in [0.05, 0.1) is 40.3 Å². The highest BCUT2D eigenvalue weighted by Gasteiger charge is 2.25. The van der Waals surface area contributed by atoms with Crippen molar-refractivity contribution in [2.24, 2.45) is 0 Å². The van der Waals surface area contributed by atoms with Crippen molar-refractivity contribution in [2.75, 3.05) is 41.0 Å². The van der Waals surface area contributed by atoms with Crippen molar-refractivity contribution < 1.29 is 38.2 Å². The molecule has 0 aliphatic rings. The van der Waals surface area contributed by atoms with Crippen LogP contribution in [0.5, 0.6) is 0 Å².